The molecule has 1 aromatic carbocycles. The zero-order valence-electron chi connectivity index (χ0n) is 15.6. The van der Waals surface area contributed by atoms with Crippen LogP contribution in [0.4, 0.5) is 0 Å². The number of fused-ring (bicyclic) bond motifs is 1. The van der Waals surface area contributed by atoms with E-state index >= 15 is 0 Å². The van der Waals surface area contributed by atoms with Crippen LogP contribution in [0.1, 0.15) is 42.1 Å². The predicted octanol–water partition coefficient (Wildman–Crippen LogP) is 3.64. The molecule has 1 unspecified atom stereocenters. The Balaban J connectivity index is 1.66. The first-order valence-electron chi connectivity index (χ1n) is 9.14. The van der Waals surface area contributed by atoms with Crippen molar-refractivity contribution < 1.29 is 9.53 Å². The molecule has 0 radical (unpaired) electrons. The highest BCUT2D eigenvalue weighted by Gasteiger charge is 2.23. The molecule has 1 amide bonds. The fourth-order valence-electron chi connectivity index (χ4n) is 3.13. The molecule has 1 aliphatic carbocycles. The van der Waals surface area contributed by atoms with Gasteiger partial charge in [0, 0.05) is 12.2 Å². The summed E-state index contributed by atoms with van der Waals surface area (Å²) in [5, 5.41) is 12.8. The van der Waals surface area contributed by atoms with Gasteiger partial charge < -0.3 is 10.1 Å². The van der Waals surface area contributed by atoms with E-state index in [1.165, 1.54) is 17.3 Å². The van der Waals surface area contributed by atoms with Gasteiger partial charge in [-0.15, -0.1) is 0 Å². The van der Waals surface area contributed by atoms with Crippen molar-refractivity contribution in [2.45, 2.75) is 49.4 Å². The molecule has 1 aromatic heterocycles. The molecule has 0 aliphatic heterocycles. The van der Waals surface area contributed by atoms with Gasteiger partial charge >= 0.3 is 0 Å². The summed E-state index contributed by atoms with van der Waals surface area (Å²) >= 11 is 1.39. The normalized spacial score (nSPS) is 13.5. The fraction of sp³-hybridized carbons (Fsp3) is 0.381. The number of rotatable bonds is 7. The van der Waals surface area contributed by atoms with Crippen LogP contribution < -0.4 is 10.1 Å². The molecular weight excluding hydrogens is 358 g/mol. The van der Waals surface area contributed by atoms with Crippen molar-refractivity contribution in [2.75, 3.05) is 7.11 Å². The number of nitriles is 1. The van der Waals surface area contributed by atoms with Crippen molar-refractivity contribution >= 4 is 17.7 Å². The van der Waals surface area contributed by atoms with Crippen molar-refractivity contribution in [3.8, 4) is 11.8 Å². The van der Waals surface area contributed by atoms with Crippen molar-refractivity contribution in [1.29, 1.82) is 5.26 Å². The van der Waals surface area contributed by atoms with E-state index in [0.717, 1.165) is 36.3 Å². The summed E-state index contributed by atoms with van der Waals surface area (Å²) in [6, 6.07) is 11.8. The number of amides is 1. The number of benzene rings is 1. The second-order valence-electron chi connectivity index (χ2n) is 6.49. The second kappa shape index (κ2) is 8.92. The second-order valence-corrected chi connectivity index (χ2v) is 7.68. The first-order valence-corrected chi connectivity index (χ1v) is 10.0. The standard InChI is InChI=1S/C21H23N3O2S/c1-3-19(20(25)23-13-14-7-9-17(26-2)10-8-14)27-21-16(12-22)11-15-5-4-6-18(15)24-21/h7-11,19H,3-6,13H2,1-2H3,(H,23,25). The molecule has 1 aliphatic rings. The van der Waals surface area contributed by atoms with Crippen LogP contribution in [0.5, 0.6) is 5.75 Å². The number of hydrogen-bond donors (Lipinski definition) is 1. The highest BCUT2D eigenvalue weighted by Crippen LogP contribution is 2.31. The van der Waals surface area contributed by atoms with Gasteiger partial charge in [-0.3, -0.25) is 4.79 Å². The van der Waals surface area contributed by atoms with E-state index in [0.29, 0.717) is 23.6 Å². The van der Waals surface area contributed by atoms with Crippen LogP contribution in [-0.2, 0) is 24.2 Å². The molecule has 1 N–H and O–H groups in total. The highest BCUT2D eigenvalue weighted by molar-refractivity contribution is 8.00. The van der Waals surface area contributed by atoms with Gasteiger partial charge in [0.25, 0.3) is 0 Å². The number of nitrogens with one attached hydrogen (secondary N) is 1. The Morgan fingerprint density at radius 2 is 2.15 bits per heavy atom. The Kier molecular flexibility index (Phi) is 6.36. The Bertz CT molecular complexity index is 859. The molecule has 6 heteroatoms. The number of methoxy groups -OCH3 is 1. The lowest BCUT2D eigenvalue weighted by atomic mass is 10.2. The van der Waals surface area contributed by atoms with Crippen molar-refractivity contribution in [3.63, 3.8) is 0 Å². The van der Waals surface area contributed by atoms with E-state index < -0.39 is 0 Å². The average Bonchev–Trinajstić information content (AvgIpc) is 3.17. The van der Waals surface area contributed by atoms with E-state index in [1.54, 1.807) is 7.11 Å². The van der Waals surface area contributed by atoms with Crippen LogP contribution in [0.3, 0.4) is 0 Å². The van der Waals surface area contributed by atoms with Crippen LogP contribution in [0.2, 0.25) is 0 Å². The molecule has 5 nitrogen and oxygen atoms in total. The fourth-order valence-corrected chi connectivity index (χ4v) is 4.15. The Labute approximate surface area is 164 Å². The van der Waals surface area contributed by atoms with E-state index in [-0.39, 0.29) is 11.2 Å². The number of ether oxygens (including phenoxy) is 1. The number of aryl methyl sites for hydroxylation is 2. The summed E-state index contributed by atoms with van der Waals surface area (Å²) in [4.78, 5) is 17.3. The van der Waals surface area contributed by atoms with Crippen molar-refractivity contribution in [2.24, 2.45) is 0 Å². The maximum atomic E-state index is 12.6. The van der Waals surface area contributed by atoms with Gasteiger partial charge in [-0.05, 0) is 55.0 Å². The summed E-state index contributed by atoms with van der Waals surface area (Å²) in [7, 11) is 1.63. The number of thioether (sulfide) groups is 1. The summed E-state index contributed by atoms with van der Waals surface area (Å²) < 4.78 is 5.15. The van der Waals surface area contributed by atoms with Crippen LogP contribution in [0.15, 0.2) is 35.4 Å². The van der Waals surface area contributed by atoms with Gasteiger partial charge in [-0.2, -0.15) is 5.26 Å². The molecule has 0 saturated carbocycles. The summed E-state index contributed by atoms with van der Waals surface area (Å²) in [5.41, 5.74) is 3.83. The van der Waals surface area contributed by atoms with E-state index in [1.807, 2.05) is 37.3 Å². The lowest BCUT2D eigenvalue weighted by Gasteiger charge is -2.16. The molecule has 27 heavy (non-hydrogen) atoms. The van der Waals surface area contributed by atoms with Gasteiger partial charge in [0.05, 0.1) is 17.9 Å². The number of carbonyl (C=O) groups excluding carboxylic acids is 1. The lowest BCUT2D eigenvalue weighted by Crippen LogP contribution is -2.32. The SMILES string of the molecule is CCC(Sc1nc2c(cc1C#N)CCC2)C(=O)NCc1ccc(OC)cc1. The van der Waals surface area contributed by atoms with Gasteiger partial charge in [0.1, 0.15) is 16.8 Å². The maximum Gasteiger partial charge on any atom is 0.233 e. The van der Waals surface area contributed by atoms with Crippen LogP contribution >= 0.6 is 11.8 Å². The van der Waals surface area contributed by atoms with Crippen LogP contribution in [0, 0.1) is 11.3 Å². The molecule has 2 aromatic rings. The first-order chi connectivity index (χ1) is 13.1. The predicted molar refractivity (Wildman–Crippen MR) is 106 cm³/mol. The quantitative estimate of drug-likeness (QED) is 0.741. The molecule has 140 valence electrons. The average molecular weight is 382 g/mol. The minimum atomic E-state index is -0.276. The highest BCUT2D eigenvalue weighted by atomic mass is 32.2. The molecule has 0 spiro atoms. The summed E-state index contributed by atoms with van der Waals surface area (Å²) in [5.74, 6) is 0.753. The van der Waals surface area contributed by atoms with Gasteiger partial charge in [0.2, 0.25) is 5.91 Å². The van der Waals surface area contributed by atoms with Gasteiger partial charge in [0.15, 0.2) is 0 Å². The molecule has 0 bridgehead atoms. The number of pyridine rings is 1. The Morgan fingerprint density at radius 1 is 1.37 bits per heavy atom. The van der Waals surface area contributed by atoms with E-state index in [4.69, 9.17) is 4.74 Å². The number of nitrogens with zero attached hydrogens (tertiary/aromatic N) is 2. The van der Waals surface area contributed by atoms with E-state index in [2.05, 4.69) is 16.4 Å². The smallest absolute Gasteiger partial charge is 0.233 e. The van der Waals surface area contributed by atoms with Gasteiger partial charge in [-0.1, -0.05) is 30.8 Å². The third kappa shape index (κ3) is 4.61. The largest absolute Gasteiger partial charge is 0.497 e. The zero-order valence-corrected chi connectivity index (χ0v) is 16.4. The molecule has 3 rings (SSSR count). The third-order valence-electron chi connectivity index (χ3n) is 4.68. The topological polar surface area (TPSA) is 75.0 Å². The number of aromatic nitrogens is 1. The number of carbonyl (C=O) groups is 1. The van der Waals surface area contributed by atoms with Crippen LogP contribution in [-0.4, -0.2) is 23.3 Å². The van der Waals surface area contributed by atoms with E-state index in [9.17, 15) is 10.1 Å². The minimum Gasteiger partial charge on any atom is -0.497 e. The summed E-state index contributed by atoms with van der Waals surface area (Å²) in [6.45, 7) is 2.44. The van der Waals surface area contributed by atoms with Crippen LogP contribution in [0.25, 0.3) is 0 Å². The summed E-state index contributed by atoms with van der Waals surface area (Å²) in [6.07, 6.45) is 3.69. The molecule has 0 saturated heterocycles. The molecule has 1 heterocycles. The first kappa shape index (κ1) is 19.2. The maximum absolute atomic E-state index is 12.6. The zero-order chi connectivity index (χ0) is 19.2. The number of hydrogen-bond acceptors (Lipinski definition) is 5. The third-order valence-corrected chi connectivity index (χ3v) is 6.05. The van der Waals surface area contributed by atoms with Gasteiger partial charge in [-0.25, -0.2) is 4.98 Å². The minimum absolute atomic E-state index is 0.0375. The molecule has 1 atom stereocenters. The Hall–Kier alpha value is -2.52. The lowest BCUT2D eigenvalue weighted by molar-refractivity contribution is -0.120. The van der Waals surface area contributed by atoms with Crippen molar-refractivity contribution in [1.82, 2.24) is 10.3 Å². The van der Waals surface area contributed by atoms with Crippen molar-refractivity contribution in [3.05, 3.63) is 52.7 Å². The monoisotopic (exact) mass is 381 g/mol. The Morgan fingerprint density at radius 3 is 2.81 bits per heavy atom. The molecular formula is C21H23N3O2S. The molecule has 0 fully saturated rings.